The number of rotatable bonds is 5. The summed E-state index contributed by atoms with van der Waals surface area (Å²) < 4.78 is 35.9. The van der Waals surface area contributed by atoms with Crippen LogP contribution in [0.4, 0.5) is 0 Å². The predicted octanol–water partition coefficient (Wildman–Crippen LogP) is 2.60. The van der Waals surface area contributed by atoms with Crippen molar-refractivity contribution in [1.82, 2.24) is 0 Å². The molecule has 3 heterocycles. The highest BCUT2D eigenvalue weighted by atomic mass is 16.8. The van der Waals surface area contributed by atoms with Gasteiger partial charge in [0.25, 0.3) is 0 Å². The lowest BCUT2D eigenvalue weighted by molar-refractivity contribution is -0.232. The van der Waals surface area contributed by atoms with E-state index in [0.717, 1.165) is 12.0 Å². The Morgan fingerprint density at radius 1 is 1.08 bits per heavy atom. The molecule has 3 fully saturated rings. The Balaban J connectivity index is 1.48. The Labute approximate surface area is 148 Å². The first-order valence-electron chi connectivity index (χ1n) is 8.99. The smallest absolute Gasteiger partial charge is 0.190 e. The van der Waals surface area contributed by atoms with Gasteiger partial charge in [-0.25, -0.2) is 0 Å². The summed E-state index contributed by atoms with van der Waals surface area (Å²) in [7, 11) is 0. The van der Waals surface area contributed by atoms with E-state index in [1.165, 1.54) is 0 Å². The maximum atomic E-state index is 6.22. The maximum Gasteiger partial charge on any atom is 0.190 e. The molecule has 0 saturated carbocycles. The summed E-state index contributed by atoms with van der Waals surface area (Å²) in [5, 5.41) is 0. The molecule has 3 saturated heterocycles. The van der Waals surface area contributed by atoms with E-state index in [9.17, 15) is 0 Å². The van der Waals surface area contributed by atoms with Gasteiger partial charge in [0.05, 0.1) is 13.2 Å². The van der Waals surface area contributed by atoms with Crippen molar-refractivity contribution >= 4 is 0 Å². The molecular formula is C19H26O6. The van der Waals surface area contributed by atoms with Crippen molar-refractivity contribution in [3.05, 3.63) is 35.9 Å². The van der Waals surface area contributed by atoms with Crippen molar-refractivity contribution < 1.29 is 28.4 Å². The number of fused-ring (bicyclic) bond motifs is 1. The monoisotopic (exact) mass is 350 g/mol. The predicted molar refractivity (Wildman–Crippen MR) is 88.6 cm³/mol. The van der Waals surface area contributed by atoms with E-state index >= 15 is 0 Å². The van der Waals surface area contributed by atoms with Crippen LogP contribution >= 0.6 is 0 Å². The second-order valence-corrected chi connectivity index (χ2v) is 7.18. The largest absolute Gasteiger partial charge is 0.368 e. The van der Waals surface area contributed by atoms with E-state index in [1.807, 2.05) is 51.1 Å². The third-order valence-corrected chi connectivity index (χ3v) is 4.78. The highest BCUT2D eigenvalue weighted by Crippen LogP contribution is 2.41. The molecule has 0 N–H and O–H groups in total. The molecule has 4 rings (SSSR count). The Morgan fingerprint density at radius 3 is 2.60 bits per heavy atom. The first-order valence-corrected chi connectivity index (χ1v) is 8.99. The summed E-state index contributed by atoms with van der Waals surface area (Å²) in [6.07, 6.45) is -0.791. The molecular weight excluding hydrogens is 324 g/mol. The first-order chi connectivity index (χ1) is 12.1. The van der Waals surface area contributed by atoms with Gasteiger partial charge in [-0.3, -0.25) is 0 Å². The topological polar surface area (TPSA) is 55.4 Å². The zero-order chi connectivity index (χ0) is 17.4. The van der Waals surface area contributed by atoms with Crippen LogP contribution in [0.1, 0.15) is 32.8 Å². The molecule has 6 heteroatoms. The third-order valence-electron chi connectivity index (χ3n) is 4.78. The van der Waals surface area contributed by atoms with Crippen molar-refractivity contribution in [3.63, 3.8) is 0 Å². The van der Waals surface area contributed by atoms with Gasteiger partial charge >= 0.3 is 0 Å². The summed E-state index contributed by atoms with van der Waals surface area (Å²) in [4.78, 5) is 0. The highest BCUT2D eigenvalue weighted by Gasteiger charge is 2.58. The minimum absolute atomic E-state index is 0.174. The summed E-state index contributed by atoms with van der Waals surface area (Å²) in [6, 6.07) is 10.1. The molecule has 3 aliphatic heterocycles. The second kappa shape index (κ2) is 6.95. The van der Waals surface area contributed by atoms with Crippen LogP contribution in [0.2, 0.25) is 0 Å². The zero-order valence-corrected chi connectivity index (χ0v) is 14.9. The van der Waals surface area contributed by atoms with Crippen molar-refractivity contribution in [2.75, 3.05) is 6.61 Å². The molecule has 6 atom stereocenters. The number of ether oxygens (including phenoxy) is 6. The summed E-state index contributed by atoms with van der Waals surface area (Å²) in [5.74, 6) is -0.673. The van der Waals surface area contributed by atoms with E-state index in [1.54, 1.807) is 0 Å². The quantitative estimate of drug-likeness (QED) is 0.814. The molecule has 3 aliphatic rings. The van der Waals surface area contributed by atoms with Crippen LogP contribution in [0.25, 0.3) is 0 Å². The molecule has 0 spiro atoms. The lowest BCUT2D eigenvalue weighted by Crippen LogP contribution is -2.43. The molecule has 1 unspecified atom stereocenters. The van der Waals surface area contributed by atoms with Gasteiger partial charge in [-0.05, 0) is 25.8 Å². The van der Waals surface area contributed by atoms with Crippen LogP contribution in [0, 0.1) is 0 Å². The lowest BCUT2D eigenvalue weighted by Gasteiger charge is -2.28. The summed E-state index contributed by atoms with van der Waals surface area (Å²) in [5.41, 5.74) is 1.11. The Bertz CT molecular complexity index is 577. The van der Waals surface area contributed by atoms with Crippen molar-refractivity contribution in [2.24, 2.45) is 0 Å². The molecule has 0 aromatic heterocycles. The Morgan fingerprint density at radius 2 is 1.88 bits per heavy atom. The van der Waals surface area contributed by atoms with Gasteiger partial charge in [0.1, 0.15) is 24.4 Å². The molecule has 1 aromatic rings. The zero-order valence-electron chi connectivity index (χ0n) is 14.9. The fraction of sp³-hybridized carbons (Fsp3) is 0.684. The number of hydrogen-bond donors (Lipinski definition) is 0. The maximum absolute atomic E-state index is 6.22. The Kier molecular flexibility index (Phi) is 4.83. The first kappa shape index (κ1) is 17.4. The van der Waals surface area contributed by atoms with Crippen LogP contribution in [-0.4, -0.2) is 49.4 Å². The average molecular weight is 350 g/mol. The molecule has 0 bridgehead atoms. The fourth-order valence-corrected chi connectivity index (χ4v) is 3.62. The van der Waals surface area contributed by atoms with Crippen LogP contribution in [0.15, 0.2) is 30.3 Å². The molecule has 0 amide bonds. The van der Waals surface area contributed by atoms with Gasteiger partial charge < -0.3 is 28.4 Å². The fourth-order valence-electron chi connectivity index (χ4n) is 3.62. The standard InChI is InChI=1S/C19H26O6/c1-4-14-20-11-13(22-14)15-16(21-10-12-8-6-5-7-9-12)17-18(23-15)25-19(2,3)24-17/h5-9,13-18H,4,10-11H2,1-3H3/t13-,14?,15-,16-,17-,18-/m1/s1. The molecule has 6 nitrogen and oxygen atoms in total. The van der Waals surface area contributed by atoms with Gasteiger partial charge in [-0.2, -0.15) is 0 Å². The molecule has 0 aliphatic carbocycles. The number of hydrogen-bond acceptors (Lipinski definition) is 6. The second-order valence-electron chi connectivity index (χ2n) is 7.18. The van der Waals surface area contributed by atoms with Crippen molar-refractivity contribution in [3.8, 4) is 0 Å². The van der Waals surface area contributed by atoms with Gasteiger partial charge in [-0.15, -0.1) is 0 Å². The third kappa shape index (κ3) is 3.60. The van der Waals surface area contributed by atoms with E-state index in [-0.39, 0.29) is 30.7 Å². The minimum Gasteiger partial charge on any atom is -0.368 e. The summed E-state index contributed by atoms with van der Waals surface area (Å²) in [6.45, 7) is 6.80. The summed E-state index contributed by atoms with van der Waals surface area (Å²) >= 11 is 0. The van der Waals surface area contributed by atoms with Gasteiger partial charge in [0.2, 0.25) is 0 Å². The van der Waals surface area contributed by atoms with Crippen LogP contribution in [0.5, 0.6) is 0 Å². The molecule has 138 valence electrons. The lowest BCUT2D eigenvalue weighted by atomic mass is 10.1. The average Bonchev–Trinajstić information content (AvgIpc) is 3.26. The van der Waals surface area contributed by atoms with E-state index < -0.39 is 12.1 Å². The molecule has 0 radical (unpaired) electrons. The molecule has 25 heavy (non-hydrogen) atoms. The van der Waals surface area contributed by atoms with E-state index in [2.05, 4.69) is 0 Å². The van der Waals surface area contributed by atoms with Gasteiger partial charge in [0.15, 0.2) is 18.4 Å². The molecule has 1 aromatic carbocycles. The van der Waals surface area contributed by atoms with Crippen molar-refractivity contribution in [2.45, 2.75) is 76.6 Å². The SMILES string of the molecule is CCC1OC[C@H]([C@H]2O[C@@H]3OC(C)(C)O[C@@H]3[C@@H]2OCc2ccccc2)O1. The number of benzene rings is 1. The van der Waals surface area contributed by atoms with Gasteiger partial charge in [-0.1, -0.05) is 37.3 Å². The normalized spacial score (nSPS) is 39.6. The Hall–Kier alpha value is -1.02. The van der Waals surface area contributed by atoms with E-state index in [4.69, 9.17) is 28.4 Å². The van der Waals surface area contributed by atoms with Crippen LogP contribution in [-0.2, 0) is 35.0 Å². The van der Waals surface area contributed by atoms with Crippen LogP contribution in [0.3, 0.4) is 0 Å². The van der Waals surface area contributed by atoms with Crippen LogP contribution < -0.4 is 0 Å². The van der Waals surface area contributed by atoms with Gasteiger partial charge in [0, 0.05) is 0 Å². The van der Waals surface area contributed by atoms with E-state index in [0.29, 0.717) is 13.2 Å². The minimum atomic E-state index is -0.673. The highest BCUT2D eigenvalue weighted by molar-refractivity contribution is 5.13. The van der Waals surface area contributed by atoms with Crippen molar-refractivity contribution in [1.29, 1.82) is 0 Å².